The maximum absolute atomic E-state index is 10.3. The van der Waals surface area contributed by atoms with Gasteiger partial charge in [0.05, 0.1) is 6.10 Å². The Morgan fingerprint density at radius 3 is 3.14 bits per heavy atom. The first-order valence-corrected chi connectivity index (χ1v) is 7.77. The Bertz CT molecular complexity index is 680. The summed E-state index contributed by atoms with van der Waals surface area (Å²) in [6, 6.07) is 6.66. The molecule has 2 aromatic rings. The number of likely N-dealkylation sites (N-methyl/N-ethyl adjacent to an activating group) is 1. The van der Waals surface area contributed by atoms with Crippen LogP contribution in [0.15, 0.2) is 24.4 Å². The standard InChI is InChI=1S/C17H22N2O2/c1-3-21-17-8-12(20)10-19(2)15(17)7-11-9-18-14-6-4-5-13(17)16(11)14/h4-6,9,12,15,18,20H,3,7-8,10H2,1-2H3/t12?,15-,17+/m1/s1. The molecule has 0 amide bonds. The molecule has 0 bridgehead atoms. The maximum atomic E-state index is 10.3. The highest BCUT2D eigenvalue weighted by Crippen LogP contribution is 2.48. The molecule has 4 rings (SSSR count). The number of nitrogens with zero attached hydrogens (tertiary/aromatic N) is 1. The Kier molecular flexibility index (Phi) is 2.89. The fraction of sp³-hybridized carbons (Fsp3) is 0.529. The van der Waals surface area contributed by atoms with Crippen LogP contribution in [0, 0.1) is 0 Å². The topological polar surface area (TPSA) is 48.5 Å². The molecule has 2 aliphatic rings. The summed E-state index contributed by atoms with van der Waals surface area (Å²) in [4.78, 5) is 5.64. The van der Waals surface area contributed by atoms with Gasteiger partial charge in [-0.2, -0.15) is 0 Å². The van der Waals surface area contributed by atoms with Gasteiger partial charge in [-0.3, -0.25) is 4.90 Å². The van der Waals surface area contributed by atoms with Crippen molar-refractivity contribution in [3.8, 4) is 0 Å². The Balaban J connectivity index is 1.98. The number of rotatable bonds is 2. The monoisotopic (exact) mass is 286 g/mol. The summed E-state index contributed by atoms with van der Waals surface area (Å²) >= 11 is 0. The van der Waals surface area contributed by atoms with Gasteiger partial charge in [-0.15, -0.1) is 0 Å². The number of β-amino-alcohol motifs (C(OH)–C–C–N with tert-alkyl or cyclic N) is 1. The fourth-order valence-electron chi connectivity index (χ4n) is 4.44. The van der Waals surface area contributed by atoms with E-state index >= 15 is 0 Å². The van der Waals surface area contributed by atoms with E-state index < -0.39 is 5.60 Å². The number of H-pyrrole nitrogens is 1. The summed E-state index contributed by atoms with van der Waals surface area (Å²) < 4.78 is 6.32. The van der Waals surface area contributed by atoms with Crippen LogP contribution < -0.4 is 0 Å². The number of aliphatic hydroxyl groups is 1. The van der Waals surface area contributed by atoms with Crippen LogP contribution in [0.3, 0.4) is 0 Å². The molecule has 1 fully saturated rings. The molecule has 1 aliphatic carbocycles. The number of piperidine rings is 1. The van der Waals surface area contributed by atoms with Crippen molar-refractivity contribution in [2.75, 3.05) is 20.2 Å². The van der Waals surface area contributed by atoms with Crippen LogP contribution in [0.4, 0.5) is 0 Å². The second-order valence-corrected chi connectivity index (χ2v) is 6.38. The van der Waals surface area contributed by atoms with Gasteiger partial charge >= 0.3 is 0 Å². The predicted molar refractivity (Wildman–Crippen MR) is 82.3 cm³/mol. The molecule has 21 heavy (non-hydrogen) atoms. The lowest BCUT2D eigenvalue weighted by Gasteiger charge is -2.52. The summed E-state index contributed by atoms with van der Waals surface area (Å²) in [5.41, 5.74) is 3.38. The average Bonchev–Trinajstić information content (AvgIpc) is 2.86. The molecule has 112 valence electrons. The maximum Gasteiger partial charge on any atom is 0.112 e. The number of aliphatic hydroxyl groups excluding tert-OH is 1. The van der Waals surface area contributed by atoms with Crippen LogP contribution in [0.25, 0.3) is 10.9 Å². The van der Waals surface area contributed by atoms with Crippen LogP contribution in [0.1, 0.15) is 24.5 Å². The van der Waals surface area contributed by atoms with E-state index in [-0.39, 0.29) is 12.1 Å². The number of hydrogen-bond acceptors (Lipinski definition) is 3. The SMILES string of the molecule is CCO[C@]12CC(O)CN(C)[C@@H]1Cc1c[nH]c3cccc2c13. The molecule has 1 saturated heterocycles. The zero-order chi connectivity index (χ0) is 14.6. The molecule has 0 radical (unpaired) electrons. The van der Waals surface area contributed by atoms with Crippen LogP contribution in [-0.2, 0) is 16.8 Å². The largest absolute Gasteiger partial charge is 0.392 e. The first kappa shape index (κ1) is 13.3. The summed E-state index contributed by atoms with van der Waals surface area (Å²) in [6.07, 6.45) is 3.44. The molecule has 1 aromatic carbocycles. The molecule has 3 atom stereocenters. The summed E-state index contributed by atoms with van der Waals surface area (Å²) in [7, 11) is 2.10. The number of benzene rings is 1. The van der Waals surface area contributed by atoms with Gasteiger partial charge in [0.1, 0.15) is 5.60 Å². The number of aromatic amines is 1. The second-order valence-electron chi connectivity index (χ2n) is 6.38. The number of aromatic nitrogens is 1. The lowest BCUT2D eigenvalue weighted by Crippen LogP contribution is -2.61. The highest BCUT2D eigenvalue weighted by atomic mass is 16.5. The molecular formula is C17H22N2O2. The summed E-state index contributed by atoms with van der Waals surface area (Å²) in [5, 5.41) is 11.6. The van der Waals surface area contributed by atoms with Gasteiger partial charge in [0.2, 0.25) is 0 Å². The van der Waals surface area contributed by atoms with Gasteiger partial charge in [0.15, 0.2) is 0 Å². The minimum atomic E-state index is -0.393. The van der Waals surface area contributed by atoms with Gasteiger partial charge in [-0.05, 0) is 37.6 Å². The lowest BCUT2D eigenvalue weighted by atomic mass is 9.70. The van der Waals surface area contributed by atoms with Crippen molar-refractivity contribution < 1.29 is 9.84 Å². The summed E-state index contributed by atoms with van der Waals surface area (Å²) in [5.74, 6) is 0. The van der Waals surface area contributed by atoms with Crippen LogP contribution in [0.2, 0.25) is 0 Å². The minimum absolute atomic E-state index is 0.287. The molecule has 2 heterocycles. The Morgan fingerprint density at radius 1 is 1.48 bits per heavy atom. The molecule has 0 saturated carbocycles. The number of hydrogen-bond donors (Lipinski definition) is 2. The third-order valence-electron chi connectivity index (χ3n) is 5.17. The Hall–Kier alpha value is -1.36. The lowest BCUT2D eigenvalue weighted by molar-refractivity contribution is -0.156. The number of nitrogens with one attached hydrogen (secondary N) is 1. The minimum Gasteiger partial charge on any atom is -0.392 e. The van der Waals surface area contributed by atoms with E-state index in [1.807, 2.05) is 6.92 Å². The van der Waals surface area contributed by atoms with E-state index in [0.29, 0.717) is 13.0 Å². The molecule has 1 aromatic heterocycles. The van der Waals surface area contributed by atoms with Crippen molar-refractivity contribution in [3.63, 3.8) is 0 Å². The van der Waals surface area contributed by atoms with Crippen molar-refractivity contribution >= 4 is 10.9 Å². The van der Waals surface area contributed by atoms with Crippen molar-refractivity contribution in [2.45, 2.75) is 37.5 Å². The zero-order valence-corrected chi connectivity index (χ0v) is 12.6. The predicted octanol–water partition coefficient (Wildman–Crippen LogP) is 2.02. The van der Waals surface area contributed by atoms with E-state index in [9.17, 15) is 5.11 Å². The van der Waals surface area contributed by atoms with Gasteiger partial charge in [-0.25, -0.2) is 0 Å². The van der Waals surface area contributed by atoms with E-state index in [1.165, 1.54) is 22.0 Å². The Labute approximate surface area is 124 Å². The molecule has 0 spiro atoms. The number of ether oxygens (including phenoxy) is 1. The van der Waals surface area contributed by atoms with E-state index in [4.69, 9.17) is 4.74 Å². The molecule has 1 unspecified atom stereocenters. The molecule has 2 N–H and O–H groups in total. The summed E-state index contributed by atoms with van der Waals surface area (Å²) in [6.45, 7) is 3.42. The highest BCUT2D eigenvalue weighted by molar-refractivity contribution is 5.88. The van der Waals surface area contributed by atoms with Gasteiger partial charge in [-0.1, -0.05) is 12.1 Å². The van der Waals surface area contributed by atoms with Crippen LogP contribution in [-0.4, -0.2) is 47.3 Å². The molecule has 4 nitrogen and oxygen atoms in total. The quantitative estimate of drug-likeness (QED) is 0.888. The molecule has 1 aliphatic heterocycles. The fourth-order valence-corrected chi connectivity index (χ4v) is 4.44. The number of fused-ring (bicyclic) bond motifs is 2. The normalized spacial score (nSPS) is 32.3. The van der Waals surface area contributed by atoms with E-state index in [1.54, 1.807) is 0 Å². The van der Waals surface area contributed by atoms with Gasteiger partial charge in [0.25, 0.3) is 0 Å². The third kappa shape index (κ3) is 1.73. The first-order valence-electron chi connectivity index (χ1n) is 7.77. The van der Waals surface area contributed by atoms with Gasteiger partial charge < -0.3 is 14.8 Å². The van der Waals surface area contributed by atoms with Crippen molar-refractivity contribution in [1.82, 2.24) is 9.88 Å². The van der Waals surface area contributed by atoms with Crippen molar-refractivity contribution in [2.24, 2.45) is 0 Å². The van der Waals surface area contributed by atoms with Crippen LogP contribution >= 0.6 is 0 Å². The average molecular weight is 286 g/mol. The van der Waals surface area contributed by atoms with Crippen LogP contribution in [0.5, 0.6) is 0 Å². The van der Waals surface area contributed by atoms with Gasteiger partial charge in [0, 0.05) is 42.7 Å². The second kappa shape index (κ2) is 4.57. The number of likely N-dealkylation sites (tertiary alicyclic amines) is 1. The Morgan fingerprint density at radius 2 is 2.33 bits per heavy atom. The third-order valence-corrected chi connectivity index (χ3v) is 5.17. The van der Waals surface area contributed by atoms with E-state index in [2.05, 4.69) is 41.3 Å². The smallest absolute Gasteiger partial charge is 0.112 e. The van der Waals surface area contributed by atoms with E-state index in [0.717, 1.165) is 13.0 Å². The van der Waals surface area contributed by atoms with Crippen molar-refractivity contribution in [1.29, 1.82) is 0 Å². The highest BCUT2D eigenvalue weighted by Gasteiger charge is 2.51. The zero-order valence-electron chi connectivity index (χ0n) is 12.6. The molecular weight excluding hydrogens is 264 g/mol. The molecule has 4 heteroatoms. The van der Waals surface area contributed by atoms with Crippen molar-refractivity contribution in [3.05, 3.63) is 35.5 Å². The first-order chi connectivity index (χ1) is 10.2.